The molecule has 2 aromatic heterocycles. The lowest BCUT2D eigenvalue weighted by Crippen LogP contribution is -2.38. The molecule has 2 aromatic rings. The fourth-order valence-corrected chi connectivity index (χ4v) is 2.63. The molecule has 0 aliphatic heterocycles. The van der Waals surface area contributed by atoms with Crippen molar-refractivity contribution >= 4 is 22.4 Å². The standard InChI is InChI=1S/C15H25N7OS/c1-10(2)13-20-12(23-21-13)6-7-17-14(16-3)18-8-11-9-24-15(19-11)22(4)5/h9-10H,6-8H2,1-5H3,(H2,16,17,18). The first-order valence-corrected chi connectivity index (χ1v) is 8.76. The van der Waals surface area contributed by atoms with Crippen LogP contribution >= 0.6 is 11.3 Å². The number of hydrogen-bond acceptors (Lipinski definition) is 7. The van der Waals surface area contributed by atoms with Crippen LogP contribution in [-0.4, -0.2) is 48.8 Å². The molecule has 0 saturated heterocycles. The van der Waals surface area contributed by atoms with Crippen LogP contribution in [0, 0.1) is 0 Å². The van der Waals surface area contributed by atoms with Gasteiger partial charge in [-0.2, -0.15) is 4.98 Å². The van der Waals surface area contributed by atoms with E-state index in [9.17, 15) is 0 Å². The minimum atomic E-state index is 0.273. The van der Waals surface area contributed by atoms with Gasteiger partial charge in [0.05, 0.1) is 12.2 Å². The summed E-state index contributed by atoms with van der Waals surface area (Å²) in [5, 5.41) is 13.5. The molecule has 2 N–H and O–H groups in total. The Hall–Kier alpha value is -2.16. The van der Waals surface area contributed by atoms with Crippen molar-refractivity contribution in [2.45, 2.75) is 32.7 Å². The summed E-state index contributed by atoms with van der Waals surface area (Å²) >= 11 is 1.62. The molecule has 0 aliphatic carbocycles. The van der Waals surface area contributed by atoms with E-state index in [-0.39, 0.29) is 5.92 Å². The van der Waals surface area contributed by atoms with Crippen LogP contribution in [-0.2, 0) is 13.0 Å². The Kier molecular flexibility index (Phi) is 6.53. The summed E-state index contributed by atoms with van der Waals surface area (Å²) in [5.41, 5.74) is 0.991. The van der Waals surface area contributed by atoms with Crippen LogP contribution in [0.15, 0.2) is 14.9 Å². The molecule has 0 fully saturated rings. The highest BCUT2D eigenvalue weighted by Crippen LogP contribution is 2.17. The lowest BCUT2D eigenvalue weighted by molar-refractivity contribution is 0.371. The van der Waals surface area contributed by atoms with Gasteiger partial charge in [0.15, 0.2) is 16.9 Å². The maximum Gasteiger partial charge on any atom is 0.228 e. The maximum absolute atomic E-state index is 5.22. The Balaban J connectivity index is 1.75. The first kappa shape index (κ1) is 18.2. The summed E-state index contributed by atoms with van der Waals surface area (Å²) in [5.74, 6) is 2.37. The zero-order valence-corrected chi connectivity index (χ0v) is 15.6. The first-order valence-electron chi connectivity index (χ1n) is 7.88. The van der Waals surface area contributed by atoms with E-state index in [1.165, 1.54) is 0 Å². The van der Waals surface area contributed by atoms with Gasteiger partial charge >= 0.3 is 0 Å². The average molecular weight is 351 g/mol. The highest BCUT2D eigenvalue weighted by Gasteiger charge is 2.09. The second-order valence-corrected chi connectivity index (χ2v) is 6.66. The van der Waals surface area contributed by atoms with Gasteiger partial charge in [0, 0.05) is 45.4 Å². The lowest BCUT2D eigenvalue weighted by Gasteiger charge is -2.10. The topological polar surface area (TPSA) is 91.5 Å². The Morgan fingerprint density at radius 2 is 2.12 bits per heavy atom. The fraction of sp³-hybridized carbons (Fsp3) is 0.600. The molecule has 0 aromatic carbocycles. The number of nitrogens with one attached hydrogen (secondary N) is 2. The van der Waals surface area contributed by atoms with Crippen LogP contribution in [0.5, 0.6) is 0 Å². The van der Waals surface area contributed by atoms with E-state index in [4.69, 9.17) is 4.52 Å². The molecular weight excluding hydrogens is 326 g/mol. The molecule has 9 heteroatoms. The van der Waals surface area contributed by atoms with Gasteiger partial charge < -0.3 is 20.1 Å². The third kappa shape index (κ3) is 5.19. The van der Waals surface area contributed by atoms with Gasteiger partial charge in [-0.15, -0.1) is 11.3 Å². The number of hydrogen-bond donors (Lipinski definition) is 2. The molecule has 0 radical (unpaired) electrons. The highest BCUT2D eigenvalue weighted by atomic mass is 32.1. The van der Waals surface area contributed by atoms with E-state index in [0.717, 1.165) is 22.6 Å². The van der Waals surface area contributed by atoms with E-state index in [1.54, 1.807) is 18.4 Å². The minimum absolute atomic E-state index is 0.273. The van der Waals surface area contributed by atoms with Gasteiger partial charge in [0.25, 0.3) is 0 Å². The normalized spacial score (nSPS) is 11.8. The summed E-state index contributed by atoms with van der Waals surface area (Å²) in [7, 11) is 5.71. The summed E-state index contributed by atoms with van der Waals surface area (Å²) in [6.07, 6.45) is 0.655. The molecule has 0 amide bonds. The van der Waals surface area contributed by atoms with E-state index in [1.807, 2.05) is 38.2 Å². The molecular formula is C15H25N7OS. The smallest absolute Gasteiger partial charge is 0.228 e. The van der Waals surface area contributed by atoms with Gasteiger partial charge in [-0.1, -0.05) is 19.0 Å². The van der Waals surface area contributed by atoms with Gasteiger partial charge in [0.1, 0.15) is 0 Å². The number of rotatable bonds is 7. The van der Waals surface area contributed by atoms with Gasteiger partial charge in [0.2, 0.25) is 5.89 Å². The maximum atomic E-state index is 5.22. The monoisotopic (exact) mass is 351 g/mol. The van der Waals surface area contributed by atoms with Crippen molar-refractivity contribution in [1.29, 1.82) is 0 Å². The molecule has 0 saturated carbocycles. The highest BCUT2D eigenvalue weighted by molar-refractivity contribution is 7.13. The van der Waals surface area contributed by atoms with Gasteiger partial charge in [-0.25, -0.2) is 4.98 Å². The van der Waals surface area contributed by atoms with Crippen molar-refractivity contribution in [3.8, 4) is 0 Å². The van der Waals surface area contributed by atoms with Crippen LogP contribution in [0.1, 0.15) is 37.2 Å². The van der Waals surface area contributed by atoms with E-state index in [2.05, 4.69) is 30.8 Å². The van der Waals surface area contributed by atoms with E-state index >= 15 is 0 Å². The average Bonchev–Trinajstić information content (AvgIpc) is 3.20. The molecule has 8 nitrogen and oxygen atoms in total. The number of guanidine groups is 1. The Bertz CT molecular complexity index is 662. The van der Waals surface area contributed by atoms with Gasteiger partial charge in [-0.3, -0.25) is 4.99 Å². The second-order valence-electron chi connectivity index (χ2n) is 5.82. The summed E-state index contributed by atoms with van der Waals surface area (Å²) in [6.45, 7) is 5.37. The molecule has 0 bridgehead atoms. The predicted octanol–water partition coefficient (Wildman–Crippen LogP) is 1.62. The minimum Gasteiger partial charge on any atom is -0.356 e. The first-order chi connectivity index (χ1) is 11.5. The van der Waals surface area contributed by atoms with Crippen molar-refractivity contribution in [3.05, 3.63) is 22.8 Å². The van der Waals surface area contributed by atoms with Crippen LogP contribution in [0.4, 0.5) is 5.13 Å². The zero-order valence-electron chi connectivity index (χ0n) is 14.8. The summed E-state index contributed by atoms with van der Waals surface area (Å²) in [4.78, 5) is 15.1. The molecule has 2 heterocycles. The Labute approximate surface area is 146 Å². The zero-order chi connectivity index (χ0) is 17.5. The fourth-order valence-electron chi connectivity index (χ4n) is 1.87. The van der Waals surface area contributed by atoms with Gasteiger partial charge in [-0.05, 0) is 0 Å². The SMILES string of the molecule is CN=C(NCCc1nc(C(C)C)no1)NCc1csc(N(C)C)n1. The largest absolute Gasteiger partial charge is 0.356 e. The molecule has 0 atom stereocenters. The quantitative estimate of drug-likeness (QED) is 0.578. The van der Waals surface area contributed by atoms with E-state index in [0.29, 0.717) is 25.4 Å². The number of aromatic nitrogens is 3. The van der Waals surface area contributed by atoms with Crippen LogP contribution in [0.3, 0.4) is 0 Å². The van der Waals surface area contributed by atoms with Crippen LogP contribution < -0.4 is 15.5 Å². The molecule has 24 heavy (non-hydrogen) atoms. The molecule has 0 aliphatic rings. The van der Waals surface area contributed by atoms with Crippen molar-refractivity contribution < 1.29 is 4.52 Å². The molecule has 0 spiro atoms. The second kappa shape index (κ2) is 8.62. The lowest BCUT2D eigenvalue weighted by atomic mass is 10.2. The number of nitrogens with zero attached hydrogens (tertiary/aromatic N) is 5. The number of aliphatic imine (C=N–C) groups is 1. The third-order valence-electron chi connectivity index (χ3n) is 3.21. The van der Waals surface area contributed by atoms with Crippen molar-refractivity contribution in [2.24, 2.45) is 4.99 Å². The molecule has 0 unspecified atom stereocenters. The Morgan fingerprint density at radius 3 is 2.71 bits per heavy atom. The summed E-state index contributed by atoms with van der Waals surface area (Å²) in [6, 6.07) is 0. The number of thiazole rings is 1. The van der Waals surface area contributed by atoms with Crippen LogP contribution in [0.25, 0.3) is 0 Å². The third-order valence-corrected chi connectivity index (χ3v) is 4.27. The summed E-state index contributed by atoms with van der Waals surface area (Å²) < 4.78 is 5.22. The Morgan fingerprint density at radius 1 is 1.33 bits per heavy atom. The van der Waals surface area contributed by atoms with Crippen molar-refractivity contribution in [1.82, 2.24) is 25.8 Å². The van der Waals surface area contributed by atoms with Crippen molar-refractivity contribution in [2.75, 3.05) is 32.6 Å². The predicted molar refractivity (Wildman–Crippen MR) is 96.7 cm³/mol. The molecule has 132 valence electrons. The van der Waals surface area contributed by atoms with E-state index < -0.39 is 0 Å². The molecule has 2 rings (SSSR count). The van der Waals surface area contributed by atoms with Crippen molar-refractivity contribution in [3.63, 3.8) is 0 Å². The number of anilines is 1. The van der Waals surface area contributed by atoms with Crippen LogP contribution in [0.2, 0.25) is 0 Å².